The lowest BCUT2D eigenvalue weighted by molar-refractivity contribution is -0.124. The average Bonchev–Trinajstić information content (AvgIpc) is 2.82. The number of aromatic nitrogens is 1. The summed E-state index contributed by atoms with van der Waals surface area (Å²) in [7, 11) is 0. The molecule has 3 aromatic carbocycles. The van der Waals surface area contributed by atoms with Crippen LogP contribution in [-0.4, -0.2) is 30.0 Å². The van der Waals surface area contributed by atoms with E-state index in [-0.39, 0.29) is 12.5 Å². The minimum absolute atomic E-state index is 0.333. The third-order valence-electron chi connectivity index (χ3n) is 4.97. The lowest BCUT2D eigenvalue weighted by Gasteiger charge is -2.11. The molecular formula is C26H21BrN2O3. The van der Waals surface area contributed by atoms with E-state index in [1.165, 1.54) is 0 Å². The SMILES string of the molecule is O=C(COC(=O)c1cc(-c2cccc(Br)c2)nc2ccccc12)NCCc1ccccc1. The van der Waals surface area contributed by atoms with E-state index in [4.69, 9.17) is 4.74 Å². The third-order valence-corrected chi connectivity index (χ3v) is 5.46. The van der Waals surface area contributed by atoms with Gasteiger partial charge in [-0.3, -0.25) is 4.79 Å². The predicted octanol–water partition coefficient (Wildman–Crippen LogP) is 5.18. The Bertz CT molecular complexity index is 1260. The van der Waals surface area contributed by atoms with E-state index >= 15 is 0 Å². The molecule has 0 aliphatic carbocycles. The van der Waals surface area contributed by atoms with Crippen molar-refractivity contribution in [1.29, 1.82) is 0 Å². The zero-order chi connectivity index (χ0) is 22.3. The number of esters is 1. The van der Waals surface area contributed by atoms with E-state index in [1.807, 2.05) is 78.9 Å². The summed E-state index contributed by atoms with van der Waals surface area (Å²) in [6.45, 7) is 0.141. The summed E-state index contributed by atoms with van der Waals surface area (Å²) in [6, 6.07) is 26.7. The van der Waals surface area contributed by atoms with Crippen molar-refractivity contribution in [3.8, 4) is 11.3 Å². The van der Waals surface area contributed by atoms with Crippen molar-refractivity contribution in [2.45, 2.75) is 6.42 Å². The summed E-state index contributed by atoms with van der Waals surface area (Å²) < 4.78 is 6.25. The molecule has 0 unspecified atom stereocenters. The van der Waals surface area contributed by atoms with Crippen molar-refractivity contribution in [3.63, 3.8) is 0 Å². The van der Waals surface area contributed by atoms with Gasteiger partial charge in [0, 0.05) is 22.0 Å². The maximum Gasteiger partial charge on any atom is 0.339 e. The molecule has 4 aromatic rings. The van der Waals surface area contributed by atoms with E-state index in [2.05, 4.69) is 26.2 Å². The van der Waals surface area contributed by atoms with Gasteiger partial charge in [-0.2, -0.15) is 0 Å². The van der Waals surface area contributed by atoms with E-state index < -0.39 is 5.97 Å². The molecule has 0 aliphatic heterocycles. The van der Waals surface area contributed by atoms with E-state index in [9.17, 15) is 9.59 Å². The summed E-state index contributed by atoms with van der Waals surface area (Å²) in [5.74, 6) is -0.891. The largest absolute Gasteiger partial charge is 0.452 e. The Morgan fingerprint density at radius 1 is 0.906 bits per heavy atom. The van der Waals surface area contributed by atoms with Gasteiger partial charge in [0.05, 0.1) is 16.8 Å². The van der Waals surface area contributed by atoms with Crippen LogP contribution in [0.25, 0.3) is 22.2 Å². The lowest BCUT2D eigenvalue weighted by Crippen LogP contribution is -2.30. The molecule has 6 heteroatoms. The Morgan fingerprint density at radius 2 is 1.69 bits per heavy atom. The van der Waals surface area contributed by atoms with Gasteiger partial charge in [-0.05, 0) is 36.2 Å². The number of ether oxygens (including phenoxy) is 1. The van der Waals surface area contributed by atoms with Gasteiger partial charge >= 0.3 is 5.97 Å². The number of pyridine rings is 1. The average molecular weight is 489 g/mol. The molecule has 0 atom stereocenters. The van der Waals surface area contributed by atoms with Crippen molar-refractivity contribution in [2.75, 3.05) is 13.2 Å². The first-order valence-electron chi connectivity index (χ1n) is 10.2. The maximum absolute atomic E-state index is 12.9. The minimum atomic E-state index is -0.557. The molecule has 5 nitrogen and oxygen atoms in total. The minimum Gasteiger partial charge on any atom is -0.452 e. The third kappa shape index (κ3) is 5.39. The van der Waals surface area contributed by atoms with E-state index in [0.29, 0.717) is 35.1 Å². The molecule has 32 heavy (non-hydrogen) atoms. The number of nitrogens with one attached hydrogen (secondary N) is 1. The van der Waals surface area contributed by atoms with Gasteiger partial charge in [0.25, 0.3) is 5.91 Å². The number of para-hydroxylation sites is 1. The summed E-state index contributed by atoms with van der Waals surface area (Å²) in [5, 5.41) is 3.47. The Morgan fingerprint density at radius 3 is 2.50 bits per heavy atom. The molecule has 0 spiro atoms. The zero-order valence-corrected chi connectivity index (χ0v) is 18.8. The zero-order valence-electron chi connectivity index (χ0n) is 17.3. The highest BCUT2D eigenvalue weighted by Gasteiger charge is 2.16. The Labute approximate surface area is 194 Å². The van der Waals surface area contributed by atoms with Crippen molar-refractivity contribution in [3.05, 3.63) is 101 Å². The van der Waals surface area contributed by atoms with Crippen LogP contribution in [0.5, 0.6) is 0 Å². The number of hydrogen-bond donors (Lipinski definition) is 1. The van der Waals surface area contributed by atoms with Gasteiger partial charge in [-0.15, -0.1) is 0 Å². The molecule has 1 amide bonds. The van der Waals surface area contributed by atoms with Crippen LogP contribution in [0.2, 0.25) is 0 Å². The molecule has 0 bridgehead atoms. The fourth-order valence-electron chi connectivity index (χ4n) is 3.39. The first kappa shape index (κ1) is 21.7. The summed E-state index contributed by atoms with van der Waals surface area (Å²) in [6.07, 6.45) is 0.714. The number of carbonyl (C=O) groups is 2. The Balaban J connectivity index is 1.46. The summed E-state index contributed by atoms with van der Waals surface area (Å²) in [5.41, 5.74) is 3.72. The number of rotatable bonds is 7. The monoisotopic (exact) mass is 488 g/mol. The number of carbonyl (C=O) groups excluding carboxylic acids is 2. The second kappa shape index (κ2) is 10.2. The molecule has 0 saturated carbocycles. The van der Waals surface area contributed by atoms with Crippen LogP contribution in [-0.2, 0) is 16.0 Å². The van der Waals surface area contributed by atoms with Crippen LogP contribution in [0.15, 0.2) is 89.4 Å². The second-order valence-corrected chi connectivity index (χ2v) is 8.16. The van der Waals surface area contributed by atoms with E-state index in [1.54, 1.807) is 6.07 Å². The second-order valence-electron chi connectivity index (χ2n) is 7.24. The molecule has 1 N–H and O–H groups in total. The van der Waals surface area contributed by atoms with Crippen molar-refractivity contribution >= 4 is 38.7 Å². The Kier molecular flexibility index (Phi) is 6.92. The predicted molar refractivity (Wildman–Crippen MR) is 128 cm³/mol. The number of nitrogens with zero attached hydrogens (tertiary/aromatic N) is 1. The highest BCUT2D eigenvalue weighted by Crippen LogP contribution is 2.27. The van der Waals surface area contributed by atoms with Crippen molar-refractivity contribution in [1.82, 2.24) is 10.3 Å². The van der Waals surface area contributed by atoms with Gasteiger partial charge < -0.3 is 10.1 Å². The molecule has 160 valence electrons. The number of fused-ring (bicyclic) bond motifs is 1. The van der Waals surface area contributed by atoms with Crippen LogP contribution in [0, 0.1) is 0 Å². The fourth-order valence-corrected chi connectivity index (χ4v) is 3.79. The summed E-state index contributed by atoms with van der Waals surface area (Å²) in [4.78, 5) is 29.7. The van der Waals surface area contributed by atoms with E-state index in [0.717, 1.165) is 15.6 Å². The number of benzene rings is 3. The Hall–Kier alpha value is -3.51. The molecule has 0 saturated heterocycles. The van der Waals surface area contributed by atoms with Crippen LogP contribution in [0.1, 0.15) is 15.9 Å². The summed E-state index contributed by atoms with van der Waals surface area (Å²) >= 11 is 3.47. The van der Waals surface area contributed by atoms with Gasteiger partial charge in [0.15, 0.2) is 6.61 Å². The molecule has 1 heterocycles. The van der Waals surface area contributed by atoms with Crippen LogP contribution in [0.4, 0.5) is 0 Å². The fraction of sp³-hybridized carbons (Fsp3) is 0.115. The molecule has 0 aliphatic rings. The smallest absolute Gasteiger partial charge is 0.339 e. The van der Waals surface area contributed by atoms with Crippen LogP contribution in [0.3, 0.4) is 0 Å². The number of hydrogen-bond acceptors (Lipinski definition) is 4. The first-order chi connectivity index (χ1) is 15.6. The lowest BCUT2D eigenvalue weighted by atomic mass is 10.0. The molecule has 4 rings (SSSR count). The van der Waals surface area contributed by atoms with Gasteiger partial charge in [0.2, 0.25) is 0 Å². The highest BCUT2D eigenvalue weighted by molar-refractivity contribution is 9.10. The van der Waals surface area contributed by atoms with Crippen LogP contribution < -0.4 is 5.32 Å². The topological polar surface area (TPSA) is 68.3 Å². The first-order valence-corrected chi connectivity index (χ1v) is 11.0. The van der Waals surface area contributed by atoms with Crippen LogP contribution >= 0.6 is 15.9 Å². The molecule has 1 aromatic heterocycles. The van der Waals surface area contributed by atoms with Gasteiger partial charge in [-0.25, -0.2) is 9.78 Å². The number of halogens is 1. The standard InChI is InChI=1S/C26H21BrN2O3/c27-20-10-6-9-19(15-20)24-16-22(21-11-4-5-12-23(21)29-24)26(31)32-17-25(30)28-14-13-18-7-2-1-3-8-18/h1-12,15-16H,13-14,17H2,(H,28,30). The molecule has 0 fully saturated rings. The van der Waals surface area contributed by atoms with Gasteiger partial charge in [0.1, 0.15) is 0 Å². The van der Waals surface area contributed by atoms with Gasteiger partial charge in [-0.1, -0.05) is 76.6 Å². The quantitative estimate of drug-likeness (QED) is 0.364. The molecular weight excluding hydrogens is 468 g/mol. The highest BCUT2D eigenvalue weighted by atomic mass is 79.9. The number of amides is 1. The maximum atomic E-state index is 12.9. The molecule has 0 radical (unpaired) electrons. The normalized spacial score (nSPS) is 10.7. The van der Waals surface area contributed by atoms with Crippen molar-refractivity contribution in [2.24, 2.45) is 0 Å². The van der Waals surface area contributed by atoms with Crippen molar-refractivity contribution < 1.29 is 14.3 Å².